The number of hydrogen-bond donors (Lipinski definition) is 1. The van der Waals surface area contributed by atoms with E-state index in [1.165, 1.54) is 12.1 Å². The molecule has 1 rings (SSSR count). The van der Waals surface area contributed by atoms with E-state index < -0.39 is 11.7 Å². The van der Waals surface area contributed by atoms with Crippen molar-refractivity contribution in [1.29, 1.82) is 0 Å². The second-order valence-electron chi connectivity index (χ2n) is 2.72. The van der Waals surface area contributed by atoms with Crippen LogP contribution in [0, 0.1) is 0 Å². The number of hydrogen-bond acceptors (Lipinski definition) is 1. The molecule has 0 saturated carbocycles. The van der Waals surface area contributed by atoms with Gasteiger partial charge in [-0.3, -0.25) is 0 Å². The van der Waals surface area contributed by atoms with Crippen molar-refractivity contribution >= 4 is 17.3 Å². The molecule has 1 aromatic rings. The molecular formula is C9H9ClF3N. The third kappa shape index (κ3) is 2.54. The summed E-state index contributed by atoms with van der Waals surface area (Å²) in [7, 11) is 0. The molecular weight excluding hydrogens is 215 g/mol. The molecule has 0 fully saturated rings. The number of benzene rings is 1. The smallest absolute Gasteiger partial charge is 0.385 e. The number of nitrogens with one attached hydrogen (secondary N) is 1. The van der Waals surface area contributed by atoms with Crippen molar-refractivity contribution in [3.8, 4) is 0 Å². The summed E-state index contributed by atoms with van der Waals surface area (Å²) < 4.78 is 37.1. The van der Waals surface area contributed by atoms with Crippen LogP contribution < -0.4 is 5.32 Å². The lowest BCUT2D eigenvalue weighted by Crippen LogP contribution is -2.07. The minimum absolute atomic E-state index is 0.279. The number of rotatable bonds is 2. The van der Waals surface area contributed by atoms with Gasteiger partial charge in [0.15, 0.2) is 0 Å². The quantitative estimate of drug-likeness (QED) is 0.804. The first-order valence-electron chi connectivity index (χ1n) is 4.05. The highest BCUT2D eigenvalue weighted by Gasteiger charge is 2.33. The molecule has 0 bridgehead atoms. The van der Waals surface area contributed by atoms with E-state index in [0.717, 1.165) is 6.07 Å². The highest BCUT2D eigenvalue weighted by atomic mass is 35.5. The second-order valence-corrected chi connectivity index (χ2v) is 3.13. The minimum Gasteiger partial charge on any atom is -0.385 e. The Bertz CT molecular complexity index is 322. The zero-order valence-electron chi connectivity index (χ0n) is 7.45. The molecule has 5 heteroatoms. The van der Waals surface area contributed by atoms with Gasteiger partial charge in [-0.15, -0.1) is 0 Å². The summed E-state index contributed by atoms with van der Waals surface area (Å²) in [5.74, 6) is 0. The molecule has 0 aromatic heterocycles. The van der Waals surface area contributed by atoms with E-state index in [0.29, 0.717) is 12.2 Å². The zero-order chi connectivity index (χ0) is 10.8. The average Bonchev–Trinajstić information content (AvgIpc) is 2.07. The van der Waals surface area contributed by atoms with Crippen LogP contribution in [0.4, 0.5) is 18.9 Å². The third-order valence-corrected chi connectivity index (χ3v) is 1.98. The molecule has 0 atom stereocenters. The summed E-state index contributed by atoms with van der Waals surface area (Å²) in [5, 5.41) is 2.51. The molecule has 0 radical (unpaired) electrons. The summed E-state index contributed by atoms with van der Waals surface area (Å²) in [6.07, 6.45) is -4.40. The lowest BCUT2D eigenvalue weighted by molar-refractivity contribution is -0.137. The Morgan fingerprint density at radius 2 is 2.00 bits per heavy atom. The topological polar surface area (TPSA) is 12.0 Å². The van der Waals surface area contributed by atoms with Crippen LogP contribution in [0.1, 0.15) is 12.5 Å². The Morgan fingerprint density at radius 1 is 1.36 bits per heavy atom. The molecule has 0 amide bonds. The van der Waals surface area contributed by atoms with E-state index in [4.69, 9.17) is 11.6 Å². The molecule has 0 aliphatic heterocycles. The average molecular weight is 224 g/mol. The third-order valence-electron chi connectivity index (χ3n) is 1.65. The monoisotopic (exact) mass is 223 g/mol. The maximum absolute atomic E-state index is 12.4. The largest absolute Gasteiger partial charge is 0.417 e. The van der Waals surface area contributed by atoms with E-state index in [1.807, 2.05) is 6.92 Å². The minimum atomic E-state index is -4.40. The Kier molecular flexibility index (Phi) is 3.26. The molecule has 0 spiro atoms. The Hall–Kier alpha value is -0.900. The molecule has 0 aliphatic carbocycles. The summed E-state index contributed by atoms with van der Waals surface area (Å²) in [5.41, 5.74) is -0.387. The van der Waals surface area contributed by atoms with Gasteiger partial charge in [-0.05, 0) is 25.1 Å². The van der Waals surface area contributed by atoms with E-state index in [-0.39, 0.29) is 5.02 Å². The fourth-order valence-electron chi connectivity index (χ4n) is 1.06. The second kappa shape index (κ2) is 4.09. The van der Waals surface area contributed by atoms with Crippen LogP contribution in [0.5, 0.6) is 0 Å². The molecule has 1 aromatic carbocycles. The predicted molar refractivity (Wildman–Crippen MR) is 50.6 cm³/mol. The number of alkyl halides is 3. The summed E-state index contributed by atoms with van der Waals surface area (Å²) in [6, 6.07) is 3.76. The number of anilines is 1. The Labute approximate surface area is 84.9 Å². The first kappa shape index (κ1) is 11.2. The van der Waals surface area contributed by atoms with Crippen LogP contribution >= 0.6 is 11.6 Å². The summed E-state index contributed by atoms with van der Waals surface area (Å²) in [6.45, 7) is 2.38. The van der Waals surface area contributed by atoms with Crippen LogP contribution in [0.15, 0.2) is 18.2 Å². The van der Waals surface area contributed by atoms with Gasteiger partial charge >= 0.3 is 6.18 Å². The van der Waals surface area contributed by atoms with Gasteiger partial charge in [0, 0.05) is 12.2 Å². The number of halogens is 4. The van der Waals surface area contributed by atoms with E-state index >= 15 is 0 Å². The maximum Gasteiger partial charge on any atom is 0.417 e. The van der Waals surface area contributed by atoms with Gasteiger partial charge in [0.2, 0.25) is 0 Å². The highest BCUT2D eigenvalue weighted by Crippen LogP contribution is 2.36. The van der Waals surface area contributed by atoms with Gasteiger partial charge in [-0.2, -0.15) is 13.2 Å². The van der Waals surface area contributed by atoms with Crippen molar-refractivity contribution in [2.45, 2.75) is 13.1 Å². The highest BCUT2D eigenvalue weighted by molar-refractivity contribution is 6.31. The molecule has 1 nitrogen and oxygen atoms in total. The Balaban J connectivity index is 3.09. The fourth-order valence-corrected chi connectivity index (χ4v) is 1.28. The fraction of sp³-hybridized carbons (Fsp3) is 0.333. The van der Waals surface area contributed by atoms with E-state index in [9.17, 15) is 13.2 Å². The van der Waals surface area contributed by atoms with Gasteiger partial charge in [0.25, 0.3) is 0 Å². The predicted octanol–water partition coefficient (Wildman–Crippen LogP) is 3.79. The standard InChI is InChI=1S/C9H9ClF3N/c1-2-14-6-3-4-8(10)7(5-6)9(11,12)13/h3-5,14H,2H2,1H3. The van der Waals surface area contributed by atoms with Crippen molar-refractivity contribution in [1.82, 2.24) is 0 Å². The molecule has 78 valence electrons. The molecule has 0 aliphatic rings. The first-order valence-corrected chi connectivity index (χ1v) is 4.43. The van der Waals surface area contributed by atoms with Gasteiger partial charge in [-0.1, -0.05) is 11.6 Å². The van der Waals surface area contributed by atoms with Crippen LogP contribution in [-0.4, -0.2) is 6.54 Å². The van der Waals surface area contributed by atoms with Crippen molar-refractivity contribution < 1.29 is 13.2 Å². The van der Waals surface area contributed by atoms with Crippen LogP contribution in [-0.2, 0) is 6.18 Å². The normalized spacial score (nSPS) is 11.5. The van der Waals surface area contributed by atoms with Gasteiger partial charge in [-0.25, -0.2) is 0 Å². The van der Waals surface area contributed by atoms with Crippen molar-refractivity contribution in [3.05, 3.63) is 28.8 Å². The molecule has 0 saturated heterocycles. The molecule has 1 N–H and O–H groups in total. The lowest BCUT2D eigenvalue weighted by atomic mass is 10.2. The summed E-state index contributed by atoms with van der Waals surface area (Å²) >= 11 is 5.43. The Morgan fingerprint density at radius 3 is 2.50 bits per heavy atom. The summed E-state index contributed by atoms with van der Waals surface area (Å²) in [4.78, 5) is 0. The van der Waals surface area contributed by atoms with Gasteiger partial charge in [0.1, 0.15) is 0 Å². The zero-order valence-corrected chi connectivity index (χ0v) is 8.21. The van der Waals surface area contributed by atoms with Crippen molar-refractivity contribution in [2.24, 2.45) is 0 Å². The van der Waals surface area contributed by atoms with Crippen LogP contribution in [0.3, 0.4) is 0 Å². The van der Waals surface area contributed by atoms with Gasteiger partial charge in [0.05, 0.1) is 10.6 Å². The molecule has 0 unspecified atom stereocenters. The SMILES string of the molecule is CCNc1ccc(Cl)c(C(F)(F)F)c1. The first-order chi connectivity index (χ1) is 6.45. The maximum atomic E-state index is 12.4. The van der Waals surface area contributed by atoms with E-state index in [1.54, 1.807) is 0 Å². The van der Waals surface area contributed by atoms with Crippen LogP contribution in [0.25, 0.3) is 0 Å². The van der Waals surface area contributed by atoms with Crippen LogP contribution in [0.2, 0.25) is 5.02 Å². The van der Waals surface area contributed by atoms with Gasteiger partial charge < -0.3 is 5.32 Å². The van der Waals surface area contributed by atoms with Crippen molar-refractivity contribution in [3.63, 3.8) is 0 Å². The molecule has 0 heterocycles. The van der Waals surface area contributed by atoms with E-state index in [2.05, 4.69) is 5.32 Å². The molecule has 14 heavy (non-hydrogen) atoms. The lowest BCUT2D eigenvalue weighted by Gasteiger charge is -2.11. The van der Waals surface area contributed by atoms with Crippen molar-refractivity contribution in [2.75, 3.05) is 11.9 Å².